The monoisotopic (exact) mass is 850 g/mol. The number of ether oxygens (including phenoxy) is 2. The molecule has 13 heteroatoms. The Kier molecular flexibility index (Phi) is 9.90. The number of nitriles is 1. The van der Waals surface area contributed by atoms with E-state index < -0.39 is 24.0 Å². The molecular weight excluding hydrogens is 813 g/mol. The Morgan fingerprint density at radius 2 is 1.82 bits per heavy atom. The molecule has 1 unspecified atom stereocenters. The van der Waals surface area contributed by atoms with Gasteiger partial charge in [0.25, 0.3) is 0 Å². The van der Waals surface area contributed by atoms with Gasteiger partial charge >= 0.3 is 0 Å². The molecule has 45 heavy (non-hydrogen) atoms. The van der Waals surface area contributed by atoms with E-state index in [0.717, 1.165) is 22.3 Å². The van der Waals surface area contributed by atoms with Crippen LogP contribution in [0.5, 0.6) is 23.0 Å². The number of likely N-dealkylation sites (N-methyl/N-ethyl adjacent to an activating group) is 1. The summed E-state index contributed by atoms with van der Waals surface area (Å²) < 4.78 is 11.8. The molecule has 0 spiro atoms. The number of alkyl halides is 1. The number of aromatic hydroxyl groups is 2. The number of phenols is 2. The van der Waals surface area contributed by atoms with E-state index in [2.05, 4.69) is 32.6 Å². The molecule has 1 radical (unpaired) electrons. The third-order valence-corrected chi connectivity index (χ3v) is 10.2. The topological polar surface area (TPSA) is 147 Å². The van der Waals surface area contributed by atoms with Gasteiger partial charge in [0.2, 0.25) is 18.6 Å². The maximum atomic E-state index is 13.2. The van der Waals surface area contributed by atoms with Gasteiger partial charge in [0, 0.05) is 97.2 Å². The second-order valence-electron chi connectivity index (χ2n) is 12.3. The summed E-state index contributed by atoms with van der Waals surface area (Å²) in [6.45, 7) is 7.36. The number of benzene rings is 2. The molecule has 1 fully saturated rings. The molecule has 11 nitrogen and oxygen atoms in total. The first-order valence-electron chi connectivity index (χ1n) is 15.0. The fourth-order valence-corrected chi connectivity index (χ4v) is 7.89. The molecule has 6 rings (SSSR count). The van der Waals surface area contributed by atoms with Crippen LogP contribution in [0.15, 0.2) is 6.07 Å². The van der Waals surface area contributed by atoms with Gasteiger partial charge in [-0.25, -0.2) is 0 Å². The fraction of sp³-hybridized carbons (Fsp3) is 0.531. The third-order valence-electron chi connectivity index (χ3n) is 10.0. The Hall–Kier alpha value is -2.28. The standard InChI is InChI=1S/C32H38ClN5O6.Ac/c1-14-8-18-9-20-22(11-34)38-21(27(37(20)5)25(18)29(41)15(14)2)10-19-26(31-30(43-13-44-31)16(3)28(19)40)23(38)12-35-32(42)17(4)36-24(39)6-7-33;/h8,17,20-23,27,40-41H,6-7,9-10,12-13H2,1-5H3,(H,35,42)(H,36,39);/t17-,20-,21?,22-,23-,27+;/m0./s1. The van der Waals surface area contributed by atoms with Crippen molar-refractivity contribution in [3.05, 3.63) is 45.0 Å². The van der Waals surface area contributed by atoms with E-state index in [-0.39, 0.29) is 105 Å². The minimum absolute atomic E-state index is 0. The predicted octanol–water partition coefficient (Wildman–Crippen LogP) is 2.77. The molecule has 2 aromatic rings. The van der Waals surface area contributed by atoms with Crippen LogP contribution >= 0.6 is 11.6 Å². The zero-order chi connectivity index (χ0) is 31.6. The smallest absolute Gasteiger partial charge is 0.242 e. The number of fused-ring (bicyclic) bond motifs is 9. The first-order valence-corrected chi connectivity index (χ1v) is 15.5. The number of rotatable bonds is 6. The van der Waals surface area contributed by atoms with Gasteiger partial charge in [-0.05, 0) is 64.3 Å². The largest absolute Gasteiger partial charge is 0.507 e. The number of aryl methyl sites for hydroxylation is 1. The number of nitrogens with zero attached hydrogens (tertiary/aromatic N) is 3. The molecule has 2 bridgehead atoms. The number of hydrogen-bond donors (Lipinski definition) is 4. The van der Waals surface area contributed by atoms with Crippen molar-refractivity contribution in [1.82, 2.24) is 20.4 Å². The van der Waals surface area contributed by atoms with E-state index >= 15 is 0 Å². The minimum atomic E-state index is -0.810. The molecule has 0 saturated carbocycles. The summed E-state index contributed by atoms with van der Waals surface area (Å²) in [4.78, 5) is 29.7. The number of carbonyl (C=O) groups excluding carboxylic acids is 2. The van der Waals surface area contributed by atoms with E-state index in [1.807, 2.05) is 20.9 Å². The van der Waals surface area contributed by atoms with Crippen molar-refractivity contribution in [1.29, 1.82) is 5.26 Å². The van der Waals surface area contributed by atoms with E-state index in [1.165, 1.54) is 0 Å². The quantitative estimate of drug-likeness (QED) is 0.323. The van der Waals surface area contributed by atoms with Gasteiger partial charge in [0.15, 0.2) is 11.5 Å². The molecule has 6 atom stereocenters. The van der Waals surface area contributed by atoms with Crippen LogP contribution in [0.25, 0.3) is 0 Å². The molecule has 4 aliphatic heterocycles. The van der Waals surface area contributed by atoms with Crippen molar-refractivity contribution < 1.29 is 73.3 Å². The van der Waals surface area contributed by atoms with Gasteiger partial charge in [0.1, 0.15) is 23.6 Å². The van der Waals surface area contributed by atoms with Crippen molar-refractivity contribution in [3.63, 3.8) is 0 Å². The number of piperazine rings is 1. The van der Waals surface area contributed by atoms with Crippen LogP contribution in [0.3, 0.4) is 0 Å². The molecule has 4 aliphatic rings. The van der Waals surface area contributed by atoms with Crippen LogP contribution in [0.2, 0.25) is 0 Å². The van der Waals surface area contributed by atoms with E-state index in [9.17, 15) is 25.1 Å². The summed E-state index contributed by atoms with van der Waals surface area (Å²) in [7, 11) is 2.00. The van der Waals surface area contributed by atoms with Crippen molar-refractivity contribution in [2.24, 2.45) is 0 Å². The summed E-state index contributed by atoms with van der Waals surface area (Å²) >= 11 is 5.69. The van der Waals surface area contributed by atoms with Crippen LogP contribution in [0, 0.1) is 76.2 Å². The summed E-state index contributed by atoms with van der Waals surface area (Å²) in [5, 5.41) is 39.4. The zero-order valence-electron chi connectivity index (χ0n) is 26.1. The Balaban J connectivity index is 0.00000400. The van der Waals surface area contributed by atoms with Crippen LogP contribution in [0.4, 0.5) is 0 Å². The molecule has 0 aliphatic carbocycles. The van der Waals surface area contributed by atoms with Gasteiger partial charge in [-0.2, -0.15) is 5.26 Å². The summed E-state index contributed by atoms with van der Waals surface area (Å²) in [5.74, 6) is 0.750. The summed E-state index contributed by atoms with van der Waals surface area (Å²) in [6.07, 6.45) is 1.06. The average Bonchev–Trinajstić information content (AvgIpc) is 3.48. The number of hydrogen-bond acceptors (Lipinski definition) is 9. The van der Waals surface area contributed by atoms with Crippen molar-refractivity contribution in [3.8, 4) is 29.1 Å². The Labute approximate surface area is 303 Å². The van der Waals surface area contributed by atoms with Crippen LogP contribution < -0.4 is 20.1 Å². The zero-order valence-corrected chi connectivity index (χ0v) is 31.6. The van der Waals surface area contributed by atoms with Crippen LogP contribution in [0.1, 0.15) is 64.4 Å². The molecule has 237 valence electrons. The first-order chi connectivity index (χ1) is 21.0. The van der Waals surface area contributed by atoms with E-state index in [4.69, 9.17) is 21.1 Å². The van der Waals surface area contributed by atoms with Gasteiger partial charge < -0.3 is 30.3 Å². The van der Waals surface area contributed by atoms with Gasteiger partial charge in [-0.1, -0.05) is 6.07 Å². The Bertz CT molecular complexity index is 1600. The molecule has 4 heterocycles. The third kappa shape index (κ3) is 5.47. The predicted molar refractivity (Wildman–Crippen MR) is 162 cm³/mol. The van der Waals surface area contributed by atoms with Gasteiger partial charge in [-0.3, -0.25) is 19.4 Å². The van der Waals surface area contributed by atoms with Crippen molar-refractivity contribution >= 4 is 23.4 Å². The number of carbonyl (C=O) groups is 2. The Morgan fingerprint density at radius 1 is 1.11 bits per heavy atom. The number of phenolic OH excluding ortho intramolecular Hbond substituents is 2. The first kappa shape index (κ1) is 34.1. The molecule has 2 amide bonds. The average molecular weight is 851 g/mol. The van der Waals surface area contributed by atoms with Gasteiger partial charge in [-0.15, -0.1) is 11.6 Å². The van der Waals surface area contributed by atoms with Crippen LogP contribution in [-0.2, 0) is 22.4 Å². The Morgan fingerprint density at radius 3 is 2.51 bits per heavy atom. The number of nitrogens with one attached hydrogen (secondary N) is 2. The van der Waals surface area contributed by atoms with E-state index in [1.54, 1.807) is 13.8 Å². The van der Waals surface area contributed by atoms with Gasteiger partial charge in [0.05, 0.1) is 18.2 Å². The normalized spacial score (nSPS) is 25.1. The summed E-state index contributed by atoms with van der Waals surface area (Å²) in [5.41, 5.74) is 5.62. The fourth-order valence-electron chi connectivity index (χ4n) is 7.72. The minimum Gasteiger partial charge on any atom is -0.507 e. The molecule has 2 aromatic carbocycles. The molecule has 0 aromatic heterocycles. The SMILES string of the molecule is Cc1cc2c(c(O)c1C)[C@H]1C3Cc4c(O)c(C)c5c(c4[C@H](CNC(=O)[C@H](C)NC(=O)CCCl)N3[C@@H](C#N)[C@H](C2)N1C)OCO5.[Ac]. The van der Waals surface area contributed by atoms with Crippen molar-refractivity contribution in [2.45, 2.75) is 83.2 Å². The second kappa shape index (κ2) is 13.1. The van der Waals surface area contributed by atoms with Crippen LogP contribution in [-0.4, -0.2) is 82.3 Å². The second-order valence-corrected chi connectivity index (χ2v) is 12.7. The molecule has 4 N–H and O–H groups in total. The number of amides is 2. The maximum absolute atomic E-state index is 13.2. The van der Waals surface area contributed by atoms with Crippen molar-refractivity contribution in [2.75, 3.05) is 26.3 Å². The summed E-state index contributed by atoms with van der Waals surface area (Å²) in [6, 6.07) is 1.94. The number of halogens is 1. The van der Waals surface area contributed by atoms with E-state index in [0.29, 0.717) is 41.0 Å². The molecular formula is C32H38AcClN5O6. The molecule has 1 saturated heterocycles. The maximum Gasteiger partial charge on any atom is 0.242 e.